The molecule has 5 nitrogen and oxygen atoms in total. The molecule has 0 spiro atoms. The normalized spacial score (nSPS) is 15.0. The van der Waals surface area contributed by atoms with E-state index in [1.807, 2.05) is 17.9 Å². The van der Waals surface area contributed by atoms with Crippen molar-refractivity contribution < 1.29 is 0 Å². The Labute approximate surface area is 136 Å². The minimum atomic E-state index is 0.331. The molecule has 0 N–H and O–H groups in total. The summed E-state index contributed by atoms with van der Waals surface area (Å²) in [4.78, 5) is 9.72. The third-order valence-electron chi connectivity index (χ3n) is 4.71. The van der Waals surface area contributed by atoms with E-state index < -0.39 is 0 Å². The van der Waals surface area contributed by atoms with Gasteiger partial charge in [0, 0.05) is 42.9 Å². The van der Waals surface area contributed by atoms with Crippen LogP contribution in [0.1, 0.15) is 55.6 Å². The number of aryl methyl sites for hydroxylation is 2. The SMILES string of the molecule is Cc1nc(-c2cc3cn(C)nc3nc2C(C)C)n(C)c1C1CC1. The summed E-state index contributed by atoms with van der Waals surface area (Å²) in [5.74, 6) is 2.06. The Balaban J connectivity index is 1.97. The van der Waals surface area contributed by atoms with E-state index in [0.717, 1.165) is 33.8 Å². The standard InChI is InChI=1S/C18H23N5/c1-10(2)15-14(8-13-9-22(4)21-17(13)20-15)18-19-11(3)16(23(18)5)12-6-7-12/h8-10,12H,6-7H2,1-5H3. The van der Waals surface area contributed by atoms with Gasteiger partial charge in [-0.15, -0.1) is 0 Å². The molecule has 0 aliphatic heterocycles. The molecule has 1 saturated carbocycles. The fourth-order valence-corrected chi connectivity index (χ4v) is 3.52. The van der Waals surface area contributed by atoms with Crippen molar-refractivity contribution >= 4 is 11.0 Å². The molecule has 3 aromatic rings. The summed E-state index contributed by atoms with van der Waals surface area (Å²) in [5.41, 5.74) is 5.57. The number of fused-ring (bicyclic) bond motifs is 1. The van der Waals surface area contributed by atoms with Gasteiger partial charge in [0.05, 0.1) is 11.4 Å². The number of pyridine rings is 1. The first-order valence-corrected chi connectivity index (χ1v) is 8.33. The summed E-state index contributed by atoms with van der Waals surface area (Å²) in [5, 5.41) is 5.52. The minimum absolute atomic E-state index is 0.331. The van der Waals surface area contributed by atoms with Gasteiger partial charge < -0.3 is 4.57 Å². The first-order valence-electron chi connectivity index (χ1n) is 8.33. The molecule has 5 heteroatoms. The maximum Gasteiger partial charge on any atom is 0.181 e. The summed E-state index contributed by atoms with van der Waals surface area (Å²) < 4.78 is 4.10. The Bertz CT molecular complexity index is 896. The van der Waals surface area contributed by atoms with Gasteiger partial charge in [-0.05, 0) is 31.7 Å². The van der Waals surface area contributed by atoms with Crippen LogP contribution in [0.15, 0.2) is 12.3 Å². The lowest BCUT2D eigenvalue weighted by Gasteiger charge is -2.12. The van der Waals surface area contributed by atoms with Gasteiger partial charge in [-0.2, -0.15) is 5.10 Å². The summed E-state index contributed by atoms with van der Waals surface area (Å²) in [6.45, 7) is 6.48. The zero-order chi connectivity index (χ0) is 16.3. The predicted molar refractivity (Wildman–Crippen MR) is 91.5 cm³/mol. The van der Waals surface area contributed by atoms with Crippen LogP contribution in [0.2, 0.25) is 0 Å². The maximum absolute atomic E-state index is 4.89. The van der Waals surface area contributed by atoms with E-state index in [0.29, 0.717) is 11.8 Å². The average Bonchev–Trinajstić information content (AvgIpc) is 3.17. The fraction of sp³-hybridized carbons (Fsp3) is 0.500. The van der Waals surface area contributed by atoms with E-state index in [-0.39, 0.29) is 0 Å². The molecule has 0 bridgehead atoms. The minimum Gasteiger partial charge on any atom is -0.331 e. The molecule has 0 radical (unpaired) electrons. The van der Waals surface area contributed by atoms with Gasteiger partial charge in [-0.3, -0.25) is 4.68 Å². The van der Waals surface area contributed by atoms with Gasteiger partial charge in [-0.25, -0.2) is 9.97 Å². The first-order chi connectivity index (χ1) is 11.0. The molecule has 0 unspecified atom stereocenters. The summed E-state index contributed by atoms with van der Waals surface area (Å²) >= 11 is 0. The second kappa shape index (κ2) is 4.91. The Morgan fingerprint density at radius 1 is 1.17 bits per heavy atom. The Morgan fingerprint density at radius 2 is 1.91 bits per heavy atom. The van der Waals surface area contributed by atoms with Gasteiger partial charge in [0.15, 0.2) is 5.65 Å². The second-order valence-corrected chi connectivity index (χ2v) is 7.03. The molecule has 0 saturated heterocycles. The number of hydrogen-bond acceptors (Lipinski definition) is 3. The van der Waals surface area contributed by atoms with E-state index in [9.17, 15) is 0 Å². The van der Waals surface area contributed by atoms with Gasteiger partial charge in [0.1, 0.15) is 5.82 Å². The highest BCUT2D eigenvalue weighted by Gasteiger charge is 2.30. The van der Waals surface area contributed by atoms with Crippen molar-refractivity contribution in [3.63, 3.8) is 0 Å². The van der Waals surface area contributed by atoms with E-state index >= 15 is 0 Å². The highest BCUT2D eigenvalue weighted by Crippen LogP contribution is 2.43. The van der Waals surface area contributed by atoms with Crippen LogP contribution >= 0.6 is 0 Å². The van der Waals surface area contributed by atoms with Crippen molar-refractivity contribution in [1.82, 2.24) is 24.3 Å². The van der Waals surface area contributed by atoms with Crippen molar-refractivity contribution in [3.05, 3.63) is 29.3 Å². The highest BCUT2D eigenvalue weighted by molar-refractivity contribution is 5.81. The van der Waals surface area contributed by atoms with Crippen molar-refractivity contribution in [2.24, 2.45) is 14.1 Å². The monoisotopic (exact) mass is 309 g/mol. The Hall–Kier alpha value is -2.17. The van der Waals surface area contributed by atoms with Crippen LogP contribution in [-0.4, -0.2) is 24.3 Å². The van der Waals surface area contributed by atoms with Crippen molar-refractivity contribution in [2.45, 2.75) is 45.4 Å². The predicted octanol–water partition coefficient (Wildman–Crippen LogP) is 3.68. The van der Waals surface area contributed by atoms with Crippen LogP contribution in [0.25, 0.3) is 22.4 Å². The zero-order valence-electron chi connectivity index (χ0n) is 14.5. The Kier molecular flexibility index (Phi) is 3.08. The molecule has 4 rings (SSSR count). The summed E-state index contributed by atoms with van der Waals surface area (Å²) in [7, 11) is 4.08. The largest absolute Gasteiger partial charge is 0.331 e. The van der Waals surface area contributed by atoms with Crippen molar-refractivity contribution in [3.8, 4) is 11.4 Å². The van der Waals surface area contributed by atoms with Crippen molar-refractivity contribution in [1.29, 1.82) is 0 Å². The molecule has 1 fully saturated rings. The van der Waals surface area contributed by atoms with Crippen LogP contribution < -0.4 is 0 Å². The molecular formula is C18H23N5. The third kappa shape index (κ3) is 2.26. The molecule has 120 valence electrons. The third-order valence-corrected chi connectivity index (χ3v) is 4.71. The molecule has 23 heavy (non-hydrogen) atoms. The van der Waals surface area contributed by atoms with Gasteiger partial charge in [0.2, 0.25) is 0 Å². The van der Waals surface area contributed by atoms with Crippen LogP contribution in [0.3, 0.4) is 0 Å². The molecule has 3 aromatic heterocycles. The molecule has 0 amide bonds. The second-order valence-electron chi connectivity index (χ2n) is 7.03. The molecule has 0 atom stereocenters. The number of rotatable bonds is 3. The fourth-order valence-electron chi connectivity index (χ4n) is 3.52. The van der Waals surface area contributed by atoms with E-state index in [1.54, 1.807) is 0 Å². The summed E-state index contributed by atoms with van der Waals surface area (Å²) in [6.07, 6.45) is 4.60. The van der Waals surface area contributed by atoms with Gasteiger partial charge >= 0.3 is 0 Å². The smallest absolute Gasteiger partial charge is 0.181 e. The van der Waals surface area contributed by atoms with E-state index in [1.165, 1.54) is 18.5 Å². The number of hydrogen-bond donors (Lipinski definition) is 0. The zero-order valence-corrected chi connectivity index (χ0v) is 14.5. The first kappa shape index (κ1) is 14.4. The molecule has 1 aliphatic carbocycles. The lowest BCUT2D eigenvalue weighted by atomic mass is 10.0. The van der Waals surface area contributed by atoms with Crippen LogP contribution in [0, 0.1) is 6.92 Å². The van der Waals surface area contributed by atoms with Crippen LogP contribution in [0.4, 0.5) is 0 Å². The number of nitrogens with zero attached hydrogens (tertiary/aromatic N) is 5. The van der Waals surface area contributed by atoms with Crippen molar-refractivity contribution in [2.75, 3.05) is 0 Å². The quantitative estimate of drug-likeness (QED) is 0.741. The van der Waals surface area contributed by atoms with Crippen LogP contribution in [-0.2, 0) is 14.1 Å². The van der Waals surface area contributed by atoms with E-state index in [4.69, 9.17) is 9.97 Å². The number of aromatic nitrogens is 5. The molecular weight excluding hydrogens is 286 g/mol. The maximum atomic E-state index is 4.89. The molecule has 1 aliphatic rings. The number of imidazole rings is 1. The highest BCUT2D eigenvalue weighted by atomic mass is 15.3. The molecule has 0 aromatic carbocycles. The van der Waals surface area contributed by atoms with Crippen LogP contribution in [0.5, 0.6) is 0 Å². The average molecular weight is 309 g/mol. The van der Waals surface area contributed by atoms with Gasteiger partial charge in [-0.1, -0.05) is 13.8 Å². The van der Waals surface area contributed by atoms with E-state index in [2.05, 4.69) is 43.6 Å². The Morgan fingerprint density at radius 3 is 2.57 bits per heavy atom. The lowest BCUT2D eigenvalue weighted by Crippen LogP contribution is -2.03. The topological polar surface area (TPSA) is 48.5 Å². The summed E-state index contributed by atoms with van der Waals surface area (Å²) in [6, 6.07) is 2.20. The molecule has 3 heterocycles. The van der Waals surface area contributed by atoms with Gasteiger partial charge in [0.25, 0.3) is 0 Å². The lowest BCUT2D eigenvalue weighted by molar-refractivity contribution is 0.769.